The predicted octanol–water partition coefficient (Wildman–Crippen LogP) is 2.18. The number of rotatable bonds is 2. The Hall–Kier alpha value is -1.04. The minimum atomic E-state index is -0.439. The highest BCUT2D eigenvalue weighted by Crippen LogP contribution is 2.30. The van der Waals surface area contributed by atoms with Crippen molar-refractivity contribution in [1.29, 1.82) is 5.26 Å². The third kappa shape index (κ3) is 2.95. The average molecular weight is 208 g/mol. The van der Waals surface area contributed by atoms with E-state index in [1.807, 2.05) is 11.8 Å². The van der Waals surface area contributed by atoms with Gasteiger partial charge in [0.1, 0.15) is 5.92 Å². The first-order valence-electron chi connectivity index (χ1n) is 5.68. The van der Waals surface area contributed by atoms with Crippen LogP contribution in [0.25, 0.3) is 0 Å². The Kier molecular flexibility index (Phi) is 3.73. The maximum Gasteiger partial charge on any atom is 0.239 e. The molecule has 0 aromatic rings. The second kappa shape index (κ2) is 4.65. The van der Waals surface area contributed by atoms with Gasteiger partial charge in [0.05, 0.1) is 6.07 Å². The smallest absolute Gasteiger partial charge is 0.239 e. The van der Waals surface area contributed by atoms with Crippen molar-refractivity contribution in [3.8, 4) is 6.07 Å². The van der Waals surface area contributed by atoms with Gasteiger partial charge in [-0.2, -0.15) is 5.26 Å². The van der Waals surface area contributed by atoms with Crippen LogP contribution in [0.2, 0.25) is 0 Å². The maximum absolute atomic E-state index is 11.9. The highest BCUT2D eigenvalue weighted by molar-refractivity contribution is 5.81. The first-order valence-corrected chi connectivity index (χ1v) is 5.68. The van der Waals surface area contributed by atoms with Crippen LogP contribution in [0.5, 0.6) is 0 Å². The van der Waals surface area contributed by atoms with E-state index >= 15 is 0 Å². The van der Waals surface area contributed by atoms with Gasteiger partial charge >= 0.3 is 0 Å². The molecule has 15 heavy (non-hydrogen) atoms. The van der Waals surface area contributed by atoms with Gasteiger partial charge in [0, 0.05) is 13.1 Å². The molecule has 1 unspecified atom stereocenters. The monoisotopic (exact) mass is 208 g/mol. The van der Waals surface area contributed by atoms with Crippen LogP contribution in [-0.4, -0.2) is 23.9 Å². The number of hydrogen-bond acceptors (Lipinski definition) is 2. The minimum Gasteiger partial charge on any atom is -0.342 e. The van der Waals surface area contributed by atoms with Gasteiger partial charge in [-0.25, -0.2) is 0 Å². The molecule has 84 valence electrons. The molecular formula is C12H20N2O. The largest absolute Gasteiger partial charge is 0.342 e. The molecule has 1 rings (SSSR count). The lowest BCUT2D eigenvalue weighted by atomic mass is 9.82. The molecule has 1 heterocycles. The van der Waals surface area contributed by atoms with Crippen LogP contribution >= 0.6 is 0 Å². The Labute approximate surface area is 92.1 Å². The summed E-state index contributed by atoms with van der Waals surface area (Å²) in [5.74, 6) is -0.415. The van der Waals surface area contributed by atoms with E-state index in [2.05, 4.69) is 19.9 Å². The van der Waals surface area contributed by atoms with E-state index in [-0.39, 0.29) is 5.91 Å². The Balaban J connectivity index is 2.54. The fourth-order valence-electron chi connectivity index (χ4n) is 1.87. The molecule has 0 aromatic heterocycles. The van der Waals surface area contributed by atoms with E-state index in [9.17, 15) is 4.79 Å². The number of carbonyl (C=O) groups is 1. The van der Waals surface area contributed by atoms with Crippen LogP contribution in [0.4, 0.5) is 0 Å². The zero-order valence-electron chi connectivity index (χ0n) is 9.92. The molecule has 0 radical (unpaired) electrons. The van der Waals surface area contributed by atoms with Gasteiger partial charge < -0.3 is 4.90 Å². The molecule has 1 saturated heterocycles. The summed E-state index contributed by atoms with van der Waals surface area (Å²) in [6.45, 7) is 7.97. The first-order chi connectivity index (χ1) is 7.00. The van der Waals surface area contributed by atoms with Crippen LogP contribution in [0.1, 0.15) is 40.0 Å². The summed E-state index contributed by atoms with van der Waals surface area (Å²) < 4.78 is 0. The van der Waals surface area contributed by atoms with E-state index in [1.54, 1.807) is 0 Å². The van der Waals surface area contributed by atoms with Crippen LogP contribution in [0, 0.1) is 22.7 Å². The Morgan fingerprint density at radius 2 is 2.00 bits per heavy atom. The number of piperidine rings is 1. The third-order valence-electron chi connectivity index (χ3n) is 3.29. The molecule has 1 aliphatic rings. The zero-order valence-corrected chi connectivity index (χ0v) is 9.92. The van der Waals surface area contributed by atoms with Crippen molar-refractivity contribution in [2.24, 2.45) is 11.3 Å². The van der Waals surface area contributed by atoms with Gasteiger partial charge in [0.15, 0.2) is 0 Å². The normalized spacial score (nSPS) is 21.9. The zero-order chi connectivity index (χ0) is 11.5. The summed E-state index contributed by atoms with van der Waals surface area (Å²) in [6, 6.07) is 2.08. The highest BCUT2D eigenvalue weighted by atomic mass is 16.2. The molecule has 1 aliphatic heterocycles. The van der Waals surface area contributed by atoms with Crippen molar-refractivity contribution in [1.82, 2.24) is 4.90 Å². The average Bonchev–Trinajstić information content (AvgIpc) is 2.19. The molecule has 0 aliphatic carbocycles. The van der Waals surface area contributed by atoms with Gasteiger partial charge in [-0.3, -0.25) is 4.79 Å². The van der Waals surface area contributed by atoms with Crippen LogP contribution in [0.3, 0.4) is 0 Å². The van der Waals surface area contributed by atoms with E-state index < -0.39 is 5.92 Å². The number of likely N-dealkylation sites (tertiary alicyclic amines) is 1. The number of nitrogens with zero attached hydrogens (tertiary/aromatic N) is 2. The Bertz CT molecular complexity index is 268. The summed E-state index contributed by atoms with van der Waals surface area (Å²) >= 11 is 0. The highest BCUT2D eigenvalue weighted by Gasteiger charge is 2.30. The van der Waals surface area contributed by atoms with Crippen LogP contribution in [-0.2, 0) is 4.79 Å². The van der Waals surface area contributed by atoms with E-state index in [0.717, 1.165) is 25.9 Å². The lowest BCUT2D eigenvalue weighted by Gasteiger charge is -2.37. The Morgan fingerprint density at radius 1 is 1.47 bits per heavy atom. The SMILES string of the molecule is CCC(C#N)C(=O)N1CCC(C)(C)CC1. The standard InChI is InChI=1S/C12H20N2O/c1-4-10(9-13)11(15)14-7-5-12(2,3)6-8-14/h10H,4-8H2,1-3H3. The van der Waals surface area contributed by atoms with E-state index in [0.29, 0.717) is 11.8 Å². The van der Waals surface area contributed by atoms with E-state index in [4.69, 9.17) is 5.26 Å². The molecule has 3 heteroatoms. The Morgan fingerprint density at radius 3 is 2.40 bits per heavy atom. The lowest BCUT2D eigenvalue weighted by molar-refractivity contribution is -0.135. The minimum absolute atomic E-state index is 0.0236. The molecule has 0 bridgehead atoms. The summed E-state index contributed by atoms with van der Waals surface area (Å²) in [4.78, 5) is 13.7. The van der Waals surface area contributed by atoms with Crippen molar-refractivity contribution in [2.75, 3.05) is 13.1 Å². The van der Waals surface area contributed by atoms with Crippen molar-refractivity contribution < 1.29 is 4.79 Å². The van der Waals surface area contributed by atoms with Gasteiger partial charge in [-0.1, -0.05) is 20.8 Å². The van der Waals surface area contributed by atoms with Crippen LogP contribution in [0.15, 0.2) is 0 Å². The quantitative estimate of drug-likeness (QED) is 0.698. The van der Waals surface area contributed by atoms with E-state index in [1.165, 1.54) is 0 Å². The molecule has 3 nitrogen and oxygen atoms in total. The van der Waals surface area contributed by atoms with Gasteiger partial charge in [0.2, 0.25) is 5.91 Å². The maximum atomic E-state index is 11.9. The summed E-state index contributed by atoms with van der Waals surface area (Å²) in [6.07, 6.45) is 2.70. The fourth-order valence-corrected chi connectivity index (χ4v) is 1.87. The summed E-state index contributed by atoms with van der Waals surface area (Å²) in [5.41, 5.74) is 0.352. The number of amides is 1. The van der Waals surface area contributed by atoms with Crippen molar-refractivity contribution >= 4 is 5.91 Å². The molecule has 1 amide bonds. The lowest BCUT2D eigenvalue weighted by Crippen LogP contribution is -2.43. The van der Waals surface area contributed by atoms with Crippen molar-refractivity contribution in [3.05, 3.63) is 0 Å². The predicted molar refractivity (Wildman–Crippen MR) is 59.0 cm³/mol. The number of nitriles is 1. The molecule has 0 N–H and O–H groups in total. The number of hydrogen-bond donors (Lipinski definition) is 0. The molecule has 1 fully saturated rings. The molecule has 0 saturated carbocycles. The first kappa shape index (κ1) is 12.0. The van der Waals surface area contributed by atoms with Crippen molar-refractivity contribution in [3.63, 3.8) is 0 Å². The summed E-state index contributed by atoms with van der Waals surface area (Å²) in [7, 11) is 0. The van der Waals surface area contributed by atoms with Gasteiger partial charge in [-0.05, 0) is 24.7 Å². The van der Waals surface area contributed by atoms with Crippen LogP contribution < -0.4 is 0 Å². The third-order valence-corrected chi connectivity index (χ3v) is 3.29. The molecular weight excluding hydrogens is 188 g/mol. The fraction of sp³-hybridized carbons (Fsp3) is 0.833. The second-order valence-corrected chi connectivity index (χ2v) is 5.08. The van der Waals surface area contributed by atoms with Gasteiger partial charge in [0.25, 0.3) is 0 Å². The second-order valence-electron chi connectivity index (χ2n) is 5.08. The molecule has 0 aromatic carbocycles. The van der Waals surface area contributed by atoms with Gasteiger partial charge in [-0.15, -0.1) is 0 Å². The summed E-state index contributed by atoms with van der Waals surface area (Å²) in [5, 5.41) is 8.83. The number of carbonyl (C=O) groups excluding carboxylic acids is 1. The topological polar surface area (TPSA) is 44.1 Å². The molecule has 1 atom stereocenters. The van der Waals surface area contributed by atoms with Crippen molar-refractivity contribution in [2.45, 2.75) is 40.0 Å². The molecule has 0 spiro atoms.